The number of rotatable bonds is 3. The summed E-state index contributed by atoms with van der Waals surface area (Å²) in [4.78, 5) is 0. The van der Waals surface area contributed by atoms with Gasteiger partial charge in [-0.3, -0.25) is 0 Å². The summed E-state index contributed by atoms with van der Waals surface area (Å²) in [5.74, 6) is 0. The fourth-order valence-electron chi connectivity index (χ4n) is 0.420. The standard InChI is InChI=1S/C6H15NO2/c1-6(2,9-3)5(8)4-7/h5,8H,4,7H2,1-3H3/t5-/m0/s1. The molecule has 56 valence electrons. The van der Waals surface area contributed by atoms with Gasteiger partial charge < -0.3 is 15.6 Å². The van der Waals surface area contributed by atoms with Crippen LogP contribution in [0.15, 0.2) is 0 Å². The number of nitrogens with two attached hydrogens (primary N) is 1. The number of hydrogen-bond acceptors (Lipinski definition) is 3. The van der Waals surface area contributed by atoms with E-state index in [0.29, 0.717) is 0 Å². The Labute approximate surface area is 55.8 Å². The van der Waals surface area contributed by atoms with Crippen LogP contribution in [-0.4, -0.2) is 30.5 Å². The summed E-state index contributed by atoms with van der Waals surface area (Å²) in [5, 5.41) is 9.14. The summed E-state index contributed by atoms with van der Waals surface area (Å²) < 4.78 is 4.96. The van der Waals surface area contributed by atoms with Gasteiger partial charge in [0.25, 0.3) is 0 Å². The Morgan fingerprint density at radius 3 is 2.22 bits per heavy atom. The average molecular weight is 133 g/mol. The van der Waals surface area contributed by atoms with Crippen molar-refractivity contribution >= 4 is 0 Å². The Morgan fingerprint density at radius 1 is 1.67 bits per heavy atom. The first-order valence-electron chi connectivity index (χ1n) is 2.98. The molecule has 0 spiro atoms. The summed E-state index contributed by atoms with van der Waals surface area (Å²) in [7, 11) is 1.55. The molecule has 0 saturated carbocycles. The maximum absolute atomic E-state index is 9.14. The van der Waals surface area contributed by atoms with Gasteiger partial charge in [0.15, 0.2) is 0 Å². The number of methoxy groups -OCH3 is 1. The lowest BCUT2D eigenvalue weighted by atomic mass is 10.0. The van der Waals surface area contributed by atoms with Crippen molar-refractivity contribution in [2.75, 3.05) is 13.7 Å². The zero-order chi connectivity index (χ0) is 7.49. The first-order chi connectivity index (χ1) is 4.04. The predicted octanol–water partition coefficient (Wildman–Crippen LogP) is -0.269. The Balaban J connectivity index is 3.80. The highest BCUT2D eigenvalue weighted by Gasteiger charge is 2.25. The van der Waals surface area contributed by atoms with Gasteiger partial charge in [-0.05, 0) is 13.8 Å². The molecule has 1 atom stereocenters. The van der Waals surface area contributed by atoms with Crippen LogP contribution >= 0.6 is 0 Å². The van der Waals surface area contributed by atoms with E-state index in [9.17, 15) is 0 Å². The van der Waals surface area contributed by atoms with Crippen LogP contribution in [0, 0.1) is 0 Å². The van der Waals surface area contributed by atoms with Crippen molar-refractivity contribution in [1.29, 1.82) is 0 Å². The fourth-order valence-corrected chi connectivity index (χ4v) is 0.420. The molecule has 0 unspecified atom stereocenters. The molecule has 0 saturated heterocycles. The van der Waals surface area contributed by atoms with Crippen LogP contribution in [0.2, 0.25) is 0 Å². The van der Waals surface area contributed by atoms with Gasteiger partial charge in [-0.2, -0.15) is 0 Å². The van der Waals surface area contributed by atoms with E-state index in [1.54, 1.807) is 21.0 Å². The van der Waals surface area contributed by atoms with Gasteiger partial charge in [-0.1, -0.05) is 0 Å². The van der Waals surface area contributed by atoms with Crippen molar-refractivity contribution in [3.63, 3.8) is 0 Å². The Hall–Kier alpha value is -0.120. The molecule has 0 aromatic carbocycles. The van der Waals surface area contributed by atoms with Crippen molar-refractivity contribution in [3.05, 3.63) is 0 Å². The summed E-state index contributed by atoms with van der Waals surface area (Å²) in [6.07, 6.45) is -0.581. The zero-order valence-electron chi connectivity index (χ0n) is 6.22. The van der Waals surface area contributed by atoms with Crippen molar-refractivity contribution < 1.29 is 9.84 Å². The molecule has 0 radical (unpaired) electrons. The van der Waals surface area contributed by atoms with Crippen LogP contribution in [-0.2, 0) is 4.74 Å². The summed E-state index contributed by atoms with van der Waals surface area (Å²) in [6, 6.07) is 0. The van der Waals surface area contributed by atoms with Crippen LogP contribution in [0.1, 0.15) is 13.8 Å². The molecule has 0 bridgehead atoms. The van der Waals surface area contributed by atoms with E-state index in [-0.39, 0.29) is 6.54 Å². The summed E-state index contributed by atoms with van der Waals surface area (Å²) in [5.41, 5.74) is 4.68. The monoisotopic (exact) mass is 133 g/mol. The van der Waals surface area contributed by atoms with E-state index in [0.717, 1.165) is 0 Å². The smallest absolute Gasteiger partial charge is 0.0946 e. The molecule has 0 aliphatic carbocycles. The minimum absolute atomic E-state index is 0.237. The minimum Gasteiger partial charge on any atom is -0.389 e. The molecule has 3 nitrogen and oxygen atoms in total. The number of aliphatic hydroxyl groups is 1. The number of aliphatic hydroxyl groups excluding tert-OH is 1. The summed E-state index contributed by atoms with van der Waals surface area (Å²) >= 11 is 0. The highest BCUT2D eigenvalue weighted by molar-refractivity contribution is 4.78. The van der Waals surface area contributed by atoms with E-state index in [1.165, 1.54) is 0 Å². The van der Waals surface area contributed by atoms with Gasteiger partial charge in [0, 0.05) is 13.7 Å². The van der Waals surface area contributed by atoms with Crippen LogP contribution in [0.5, 0.6) is 0 Å². The normalized spacial score (nSPS) is 15.7. The third-order valence-corrected chi connectivity index (χ3v) is 1.55. The molecule has 0 aromatic heterocycles. The lowest BCUT2D eigenvalue weighted by Gasteiger charge is -2.27. The van der Waals surface area contributed by atoms with Crippen molar-refractivity contribution in [2.24, 2.45) is 5.73 Å². The van der Waals surface area contributed by atoms with E-state index < -0.39 is 11.7 Å². The molecule has 0 amide bonds. The molecule has 0 fully saturated rings. The lowest BCUT2D eigenvalue weighted by Crippen LogP contribution is -2.42. The molecule has 3 heteroatoms. The molecule has 0 aromatic rings. The van der Waals surface area contributed by atoms with Gasteiger partial charge in [0.05, 0.1) is 11.7 Å². The molecule has 9 heavy (non-hydrogen) atoms. The van der Waals surface area contributed by atoms with Gasteiger partial charge in [0.2, 0.25) is 0 Å². The van der Waals surface area contributed by atoms with Gasteiger partial charge in [-0.25, -0.2) is 0 Å². The zero-order valence-corrected chi connectivity index (χ0v) is 6.22. The van der Waals surface area contributed by atoms with Gasteiger partial charge >= 0.3 is 0 Å². The molecule has 0 rings (SSSR count). The first kappa shape index (κ1) is 8.88. The molecule has 0 aliphatic rings. The second kappa shape index (κ2) is 3.15. The molecule has 3 N–H and O–H groups in total. The van der Waals surface area contributed by atoms with Crippen molar-refractivity contribution in [2.45, 2.75) is 25.6 Å². The molecule has 0 heterocycles. The second-order valence-corrected chi connectivity index (χ2v) is 2.56. The summed E-state index contributed by atoms with van der Waals surface area (Å²) in [6.45, 7) is 3.83. The van der Waals surface area contributed by atoms with Crippen LogP contribution in [0.25, 0.3) is 0 Å². The van der Waals surface area contributed by atoms with Crippen LogP contribution < -0.4 is 5.73 Å². The number of hydrogen-bond donors (Lipinski definition) is 2. The first-order valence-corrected chi connectivity index (χ1v) is 2.98. The molecule has 0 aliphatic heterocycles. The maximum atomic E-state index is 9.14. The Kier molecular flexibility index (Phi) is 3.11. The second-order valence-electron chi connectivity index (χ2n) is 2.56. The van der Waals surface area contributed by atoms with Crippen LogP contribution in [0.3, 0.4) is 0 Å². The number of ether oxygens (including phenoxy) is 1. The molecular weight excluding hydrogens is 118 g/mol. The minimum atomic E-state index is -0.581. The van der Waals surface area contributed by atoms with Crippen molar-refractivity contribution in [3.8, 4) is 0 Å². The van der Waals surface area contributed by atoms with E-state index in [1.807, 2.05) is 0 Å². The van der Waals surface area contributed by atoms with Crippen LogP contribution in [0.4, 0.5) is 0 Å². The van der Waals surface area contributed by atoms with Crippen molar-refractivity contribution in [1.82, 2.24) is 0 Å². The fraction of sp³-hybridized carbons (Fsp3) is 1.00. The highest BCUT2D eigenvalue weighted by atomic mass is 16.5. The SMILES string of the molecule is COC(C)(C)[C@@H](O)CN. The average Bonchev–Trinajstić information content (AvgIpc) is 1.86. The van der Waals surface area contributed by atoms with Gasteiger partial charge in [-0.15, -0.1) is 0 Å². The van der Waals surface area contributed by atoms with E-state index >= 15 is 0 Å². The lowest BCUT2D eigenvalue weighted by molar-refractivity contribution is -0.0726. The quantitative estimate of drug-likeness (QED) is 0.557. The third kappa shape index (κ3) is 2.30. The van der Waals surface area contributed by atoms with E-state index in [2.05, 4.69) is 0 Å². The van der Waals surface area contributed by atoms with Gasteiger partial charge in [0.1, 0.15) is 0 Å². The van der Waals surface area contributed by atoms with E-state index in [4.69, 9.17) is 15.6 Å². The third-order valence-electron chi connectivity index (χ3n) is 1.55. The predicted molar refractivity (Wildman–Crippen MR) is 36.1 cm³/mol. The highest BCUT2D eigenvalue weighted by Crippen LogP contribution is 2.11. The molecular formula is C6H15NO2. The topological polar surface area (TPSA) is 55.5 Å². The maximum Gasteiger partial charge on any atom is 0.0946 e. The Morgan fingerprint density at radius 2 is 2.11 bits per heavy atom. The Bertz CT molecular complexity index is 83.1. The largest absolute Gasteiger partial charge is 0.389 e.